The molecule has 0 saturated carbocycles. The van der Waals surface area contributed by atoms with Crippen LogP contribution >= 0.6 is 0 Å². The number of nitriles is 1. The van der Waals surface area contributed by atoms with Gasteiger partial charge in [0.05, 0.1) is 5.69 Å². The molecule has 1 aromatic heterocycles. The molecular weight excluding hydrogens is 300 g/mol. The Labute approximate surface area is 140 Å². The summed E-state index contributed by atoms with van der Waals surface area (Å²) in [6, 6.07) is 19.8. The average Bonchev–Trinajstić information content (AvgIpc) is 2.61. The Morgan fingerprint density at radius 3 is 2.17 bits per heavy atom. The number of para-hydroxylation sites is 1. The molecule has 3 aromatic rings. The summed E-state index contributed by atoms with van der Waals surface area (Å²) in [5.74, 6) is 0.137. The third-order valence-electron chi connectivity index (χ3n) is 3.74. The van der Waals surface area contributed by atoms with Gasteiger partial charge >= 0.3 is 0 Å². The van der Waals surface area contributed by atoms with Gasteiger partial charge in [-0.15, -0.1) is 0 Å². The van der Waals surface area contributed by atoms with Gasteiger partial charge in [-0.2, -0.15) is 10.2 Å². The number of nitrogens with zero attached hydrogens (tertiary/aromatic N) is 4. The van der Waals surface area contributed by atoms with Gasteiger partial charge in [-0.1, -0.05) is 30.3 Å². The maximum Gasteiger partial charge on any atom is 0.222 e. The third-order valence-corrected chi connectivity index (χ3v) is 3.74. The first kappa shape index (κ1) is 15.3. The fourth-order valence-corrected chi connectivity index (χ4v) is 2.46. The van der Waals surface area contributed by atoms with Crippen LogP contribution in [0.15, 0.2) is 54.6 Å². The molecule has 1 heterocycles. The molecule has 0 bridgehead atoms. The van der Waals surface area contributed by atoms with Crippen LogP contribution in [0.2, 0.25) is 0 Å². The van der Waals surface area contributed by atoms with E-state index in [9.17, 15) is 5.26 Å². The highest BCUT2D eigenvalue weighted by atomic mass is 15.1. The van der Waals surface area contributed by atoms with Crippen molar-refractivity contribution in [1.29, 1.82) is 5.26 Å². The Balaban J connectivity index is 1.98. The van der Waals surface area contributed by atoms with Crippen molar-refractivity contribution >= 4 is 23.1 Å². The van der Waals surface area contributed by atoms with Crippen molar-refractivity contribution in [2.75, 3.05) is 23.4 Å². The topological polar surface area (TPSA) is 105 Å². The predicted molar refractivity (Wildman–Crippen MR) is 95.5 cm³/mol. The fourth-order valence-electron chi connectivity index (χ4n) is 2.46. The molecule has 0 spiro atoms. The van der Waals surface area contributed by atoms with Crippen molar-refractivity contribution < 1.29 is 0 Å². The normalized spacial score (nSPS) is 10.2. The molecule has 3 rings (SSSR count). The Morgan fingerprint density at radius 1 is 0.917 bits per heavy atom. The summed E-state index contributed by atoms with van der Waals surface area (Å²) in [7, 11) is 1.99. The largest absolute Gasteiger partial charge is 0.382 e. The van der Waals surface area contributed by atoms with E-state index in [2.05, 4.69) is 14.9 Å². The second kappa shape index (κ2) is 6.26. The lowest BCUT2D eigenvalue weighted by Gasteiger charge is -2.19. The molecule has 0 fully saturated rings. The number of aromatic nitrogens is 2. The minimum atomic E-state index is 0.0481. The first-order chi connectivity index (χ1) is 11.6. The van der Waals surface area contributed by atoms with Crippen molar-refractivity contribution in [1.82, 2.24) is 9.97 Å². The predicted octanol–water partition coefficient (Wildman–Crippen LogP) is 2.95. The third kappa shape index (κ3) is 2.83. The second-order valence-electron chi connectivity index (χ2n) is 5.24. The molecule has 6 heteroatoms. The van der Waals surface area contributed by atoms with Crippen LogP contribution in [-0.4, -0.2) is 17.0 Å². The van der Waals surface area contributed by atoms with Gasteiger partial charge in [-0.25, -0.2) is 4.98 Å². The van der Waals surface area contributed by atoms with E-state index >= 15 is 0 Å². The van der Waals surface area contributed by atoms with E-state index in [1.807, 2.05) is 67.7 Å². The Bertz CT molecular complexity index is 897. The van der Waals surface area contributed by atoms with Crippen molar-refractivity contribution in [3.8, 4) is 17.3 Å². The minimum Gasteiger partial charge on any atom is -0.382 e. The fraction of sp³-hybridized carbons (Fsp3) is 0.0556. The highest BCUT2D eigenvalue weighted by molar-refractivity contribution is 5.75. The van der Waals surface area contributed by atoms with Crippen LogP contribution < -0.4 is 16.4 Å². The van der Waals surface area contributed by atoms with E-state index in [0.717, 1.165) is 16.9 Å². The zero-order valence-electron chi connectivity index (χ0n) is 13.1. The van der Waals surface area contributed by atoms with Crippen molar-refractivity contribution in [3.63, 3.8) is 0 Å². The Morgan fingerprint density at radius 2 is 1.54 bits per heavy atom. The molecule has 118 valence electrons. The van der Waals surface area contributed by atoms with E-state index in [1.165, 1.54) is 0 Å². The zero-order valence-corrected chi connectivity index (χ0v) is 13.1. The molecule has 24 heavy (non-hydrogen) atoms. The number of nitrogen functional groups attached to an aromatic ring is 2. The van der Waals surface area contributed by atoms with Crippen LogP contribution in [0.4, 0.5) is 23.1 Å². The number of benzene rings is 2. The highest BCUT2D eigenvalue weighted by Gasteiger charge is 2.13. The van der Waals surface area contributed by atoms with Crippen LogP contribution in [-0.2, 0) is 0 Å². The van der Waals surface area contributed by atoms with Crippen LogP contribution in [0, 0.1) is 11.3 Å². The molecule has 0 radical (unpaired) electrons. The molecule has 0 aliphatic carbocycles. The van der Waals surface area contributed by atoms with Crippen LogP contribution in [0.25, 0.3) is 11.3 Å². The molecule has 0 aliphatic rings. The van der Waals surface area contributed by atoms with Gasteiger partial charge in [-0.05, 0) is 24.3 Å². The zero-order chi connectivity index (χ0) is 17.1. The summed E-state index contributed by atoms with van der Waals surface area (Å²) in [4.78, 5) is 10.1. The monoisotopic (exact) mass is 316 g/mol. The summed E-state index contributed by atoms with van der Waals surface area (Å²) < 4.78 is 0. The van der Waals surface area contributed by atoms with Crippen LogP contribution in [0.1, 0.15) is 5.56 Å². The van der Waals surface area contributed by atoms with Crippen molar-refractivity contribution in [2.45, 2.75) is 0 Å². The molecule has 6 nitrogen and oxygen atoms in total. The van der Waals surface area contributed by atoms with Crippen LogP contribution in [0.3, 0.4) is 0 Å². The lowest BCUT2D eigenvalue weighted by molar-refractivity contribution is 1.18. The minimum absolute atomic E-state index is 0.0481. The van der Waals surface area contributed by atoms with Gasteiger partial charge in [0.2, 0.25) is 5.95 Å². The summed E-state index contributed by atoms with van der Waals surface area (Å²) >= 11 is 0. The molecular formula is C18H16N6. The van der Waals surface area contributed by atoms with Gasteiger partial charge < -0.3 is 16.4 Å². The smallest absolute Gasteiger partial charge is 0.222 e. The lowest BCUT2D eigenvalue weighted by atomic mass is 10.1. The number of rotatable bonds is 3. The molecule has 0 aliphatic heterocycles. The van der Waals surface area contributed by atoms with Crippen molar-refractivity contribution in [3.05, 3.63) is 60.2 Å². The standard InChI is InChI=1S/C18H16N6/c1-24(13-5-3-2-4-6-13)14-9-7-12(8-10-14)16-15(11-19)17(20)23-18(21)22-16/h2-10H,1H3,(H4,20,21,22,23). The lowest BCUT2D eigenvalue weighted by Crippen LogP contribution is -2.09. The van der Waals surface area contributed by atoms with E-state index in [0.29, 0.717) is 5.69 Å². The Kier molecular flexibility index (Phi) is 4.00. The van der Waals surface area contributed by atoms with E-state index in [1.54, 1.807) is 0 Å². The highest BCUT2D eigenvalue weighted by Crippen LogP contribution is 2.29. The van der Waals surface area contributed by atoms with Crippen molar-refractivity contribution in [2.24, 2.45) is 0 Å². The number of nitrogens with two attached hydrogens (primary N) is 2. The van der Waals surface area contributed by atoms with E-state index in [4.69, 9.17) is 11.5 Å². The van der Waals surface area contributed by atoms with E-state index in [-0.39, 0.29) is 17.3 Å². The summed E-state index contributed by atoms with van der Waals surface area (Å²) in [6.45, 7) is 0. The summed E-state index contributed by atoms with van der Waals surface area (Å²) in [6.07, 6.45) is 0. The first-order valence-electron chi connectivity index (χ1n) is 7.32. The van der Waals surface area contributed by atoms with Gasteiger partial charge in [0.1, 0.15) is 17.5 Å². The van der Waals surface area contributed by atoms with Gasteiger partial charge in [0.25, 0.3) is 0 Å². The Hall–Kier alpha value is -3.59. The number of anilines is 4. The number of hydrogen-bond acceptors (Lipinski definition) is 6. The summed E-state index contributed by atoms with van der Waals surface area (Å²) in [5.41, 5.74) is 14.9. The summed E-state index contributed by atoms with van der Waals surface area (Å²) in [5, 5.41) is 9.28. The van der Waals surface area contributed by atoms with Gasteiger partial charge in [0.15, 0.2) is 0 Å². The maximum atomic E-state index is 9.28. The SMILES string of the molecule is CN(c1ccccc1)c1ccc(-c2nc(N)nc(N)c2C#N)cc1. The molecule has 0 saturated heterocycles. The molecule has 0 atom stereocenters. The van der Waals surface area contributed by atoms with Gasteiger partial charge in [0, 0.05) is 24.0 Å². The van der Waals surface area contributed by atoms with E-state index < -0.39 is 0 Å². The molecule has 2 aromatic carbocycles. The maximum absolute atomic E-state index is 9.28. The molecule has 0 unspecified atom stereocenters. The number of hydrogen-bond donors (Lipinski definition) is 2. The quantitative estimate of drug-likeness (QED) is 0.769. The van der Waals surface area contributed by atoms with Crippen LogP contribution in [0.5, 0.6) is 0 Å². The second-order valence-corrected chi connectivity index (χ2v) is 5.24. The first-order valence-corrected chi connectivity index (χ1v) is 7.32. The molecule has 0 amide bonds. The molecule has 4 N–H and O–H groups in total. The average molecular weight is 316 g/mol. The van der Waals surface area contributed by atoms with Gasteiger partial charge in [-0.3, -0.25) is 0 Å².